The highest BCUT2D eigenvalue weighted by Crippen LogP contribution is 2.42. The zero-order valence-corrected chi connectivity index (χ0v) is 17.8. The fourth-order valence-corrected chi connectivity index (χ4v) is 3.41. The molecule has 0 aromatic heterocycles. The van der Waals surface area contributed by atoms with Gasteiger partial charge in [-0.15, -0.1) is 0 Å². The van der Waals surface area contributed by atoms with Crippen LogP contribution in [0.15, 0.2) is 12.1 Å². The summed E-state index contributed by atoms with van der Waals surface area (Å²) in [5, 5.41) is 0. The normalized spacial score (nSPS) is 12.8. The summed E-state index contributed by atoms with van der Waals surface area (Å²) >= 11 is 0. The Morgan fingerprint density at radius 3 is 1.79 bits per heavy atom. The van der Waals surface area contributed by atoms with Gasteiger partial charge in [-0.25, -0.2) is 0 Å². The lowest BCUT2D eigenvalue weighted by Crippen LogP contribution is -2.35. The molecule has 1 rings (SSSR count). The molecule has 24 heavy (non-hydrogen) atoms. The molecule has 0 N–H and O–H groups in total. The monoisotopic (exact) mass is 352 g/mol. The molecular formula is C19H32O4Si. The Balaban J connectivity index is 3.70. The van der Waals surface area contributed by atoms with E-state index in [0.717, 1.165) is 22.6 Å². The number of hydrogen-bond acceptors (Lipinski definition) is 4. The van der Waals surface area contributed by atoms with Crippen LogP contribution in [0.1, 0.15) is 45.7 Å². The van der Waals surface area contributed by atoms with Crippen molar-refractivity contribution in [2.75, 3.05) is 14.2 Å². The Hall–Kier alpha value is -1.49. The number of ether oxygens (including phenoxy) is 2. The second-order valence-electron chi connectivity index (χ2n) is 8.63. The molecular weight excluding hydrogens is 320 g/mol. The van der Waals surface area contributed by atoms with Crippen LogP contribution in [-0.2, 0) is 20.4 Å². The highest BCUT2D eigenvalue weighted by Gasteiger charge is 2.37. The standard InChI is InChI=1S/C19H32O4Si/c1-18(2,3)13-11-16(23-24(8,9)10)14(12-15(13)21-6)19(4,5)17(20)22-7/h11-12H,1-10H3. The Morgan fingerprint density at radius 2 is 1.42 bits per heavy atom. The van der Waals surface area contributed by atoms with Gasteiger partial charge in [0.2, 0.25) is 8.32 Å². The zero-order chi connectivity index (χ0) is 18.9. The lowest BCUT2D eigenvalue weighted by atomic mass is 9.80. The molecule has 1 aromatic carbocycles. The van der Waals surface area contributed by atoms with E-state index in [1.807, 2.05) is 26.0 Å². The van der Waals surface area contributed by atoms with Crippen LogP contribution in [0.25, 0.3) is 0 Å². The van der Waals surface area contributed by atoms with Gasteiger partial charge in [-0.1, -0.05) is 20.8 Å². The molecule has 0 aliphatic carbocycles. The molecule has 0 unspecified atom stereocenters. The van der Waals surface area contributed by atoms with Crippen LogP contribution in [0, 0.1) is 0 Å². The number of carbonyl (C=O) groups is 1. The summed E-state index contributed by atoms with van der Waals surface area (Å²) < 4.78 is 16.9. The van der Waals surface area contributed by atoms with Crippen LogP contribution in [0.2, 0.25) is 19.6 Å². The first kappa shape index (κ1) is 20.6. The van der Waals surface area contributed by atoms with Crippen molar-refractivity contribution >= 4 is 14.3 Å². The topological polar surface area (TPSA) is 44.8 Å². The molecule has 0 saturated carbocycles. The van der Waals surface area contributed by atoms with Gasteiger partial charge in [-0.05, 0) is 51.0 Å². The van der Waals surface area contributed by atoms with Gasteiger partial charge in [0.05, 0.1) is 19.6 Å². The van der Waals surface area contributed by atoms with E-state index in [1.165, 1.54) is 7.11 Å². The molecule has 1 aromatic rings. The number of esters is 1. The molecule has 0 heterocycles. The first-order chi connectivity index (χ1) is 10.7. The largest absolute Gasteiger partial charge is 0.544 e. The van der Waals surface area contributed by atoms with Crippen LogP contribution in [0.5, 0.6) is 11.5 Å². The van der Waals surface area contributed by atoms with Crippen molar-refractivity contribution in [2.45, 2.75) is 65.1 Å². The van der Waals surface area contributed by atoms with E-state index in [-0.39, 0.29) is 11.4 Å². The highest BCUT2D eigenvalue weighted by molar-refractivity contribution is 6.70. The minimum atomic E-state index is -1.86. The van der Waals surface area contributed by atoms with Gasteiger partial charge in [-0.2, -0.15) is 0 Å². The average Bonchev–Trinajstić information content (AvgIpc) is 2.43. The van der Waals surface area contributed by atoms with Gasteiger partial charge in [0.1, 0.15) is 11.5 Å². The Kier molecular flexibility index (Phi) is 5.81. The number of benzene rings is 1. The van der Waals surface area contributed by atoms with Crippen molar-refractivity contribution < 1.29 is 18.7 Å². The fourth-order valence-electron chi connectivity index (χ4n) is 2.58. The molecule has 0 atom stereocenters. The Bertz CT molecular complexity index is 607. The van der Waals surface area contributed by atoms with Gasteiger partial charge in [0.15, 0.2) is 0 Å². The van der Waals surface area contributed by atoms with Crippen molar-refractivity contribution in [3.8, 4) is 11.5 Å². The molecule has 4 nitrogen and oxygen atoms in total. The van der Waals surface area contributed by atoms with Crippen molar-refractivity contribution in [1.29, 1.82) is 0 Å². The van der Waals surface area contributed by atoms with Crippen LogP contribution < -0.4 is 9.16 Å². The van der Waals surface area contributed by atoms with E-state index in [9.17, 15) is 4.79 Å². The molecule has 0 amide bonds. The fraction of sp³-hybridized carbons (Fsp3) is 0.632. The van der Waals surface area contributed by atoms with Crippen LogP contribution >= 0.6 is 0 Å². The summed E-state index contributed by atoms with van der Waals surface area (Å²) in [5.41, 5.74) is 0.925. The smallest absolute Gasteiger partial charge is 0.315 e. The second-order valence-corrected chi connectivity index (χ2v) is 13.1. The summed E-state index contributed by atoms with van der Waals surface area (Å²) in [6, 6.07) is 3.95. The number of carbonyl (C=O) groups excluding carboxylic acids is 1. The van der Waals surface area contributed by atoms with E-state index in [1.54, 1.807) is 7.11 Å². The Morgan fingerprint density at radius 1 is 0.917 bits per heavy atom. The highest BCUT2D eigenvalue weighted by atomic mass is 28.4. The molecule has 136 valence electrons. The van der Waals surface area contributed by atoms with Gasteiger partial charge in [0.25, 0.3) is 0 Å². The average molecular weight is 353 g/mol. The third kappa shape index (κ3) is 4.53. The molecule has 5 heteroatoms. The molecule has 0 radical (unpaired) electrons. The lowest BCUT2D eigenvalue weighted by Gasteiger charge is -2.31. The van der Waals surface area contributed by atoms with Gasteiger partial charge < -0.3 is 13.9 Å². The number of methoxy groups -OCH3 is 2. The Labute approximate surface area is 147 Å². The third-order valence-corrected chi connectivity index (χ3v) is 4.73. The molecule has 0 fully saturated rings. The van der Waals surface area contributed by atoms with Gasteiger partial charge >= 0.3 is 5.97 Å². The van der Waals surface area contributed by atoms with Crippen molar-refractivity contribution in [3.05, 3.63) is 23.3 Å². The van der Waals surface area contributed by atoms with E-state index in [2.05, 4.69) is 40.4 Å². The molecule has 0 spiro atoms. The maximum Gasteiger partial charge on any atom is 0.315 e. The van der Waals surface area contributed by atoms with Crippen LogP contribution in [0.3, 0.4) is 0 Å². The first-order valence-electron chi connectivity index (χ1n) is 8.24. The summed E-state index contributed by atoms with van der Waals surface area (Å²) in [4.78, 5) is 12.3. The number of hydrogen-bond donors (Lipinski definition) is 0. The maximum absolute atomic E-state index is 12.3. The van der Waals surface area contributed by atoms with Gasteiger partial charge in [0, 0.05) is 11.1 Å². The lowest BCUT2D eigenvalue weighted by molar-refractivity contribution is -0.146. The zero-order valence-electron chi connectivity index (χ0n) is 16.8. The molecule has 0 saturated heterocycles. The molecule has 0 aliphatic rings. The first-order valence-corrected chi connectivity index (χ1v) is 11.7. The van der Waals surface area contributed by atoms with Crippen LogP contribution in [-0.4, -0.2) is 28.5 Å². The predicted octanol–water partition coefficient (Wildman–Crippen LogP) is 4.66. The van der Waals surface area contributed by atoms with Crippen LogP contribution in [0.4, 0.5) is 0 Å². The predicted molar refractivity (Wildman–Crippen MR) is 101 cm³/mol. The minimum absolute atomic E-state index is 0.100. The summed E-state index contributed by atoms with van der Waals surface area (Å²) in [6.45, 7) is 16.5. The van der Waals surface area contributed by atoms with Crippen molar-refractivity contribution in [1.82, 2.24) is 0 Å². The summed E-state index contributed by atoms with van der Waals surface area (Å²) in [6.07, 6.45) is 0. The minimum Gasteiger partial charge on any atom is -0.544 e. The van der Waals surface area contributed by atoms with E-state index < -0.39 is 13.7 Å². The maximum atomic E-state index is 12.3. The number of rotatable bonds is 5. The van der Waals surface area contributed by atoms with E-state index >= 15 is 0 Å². The van der Waals surface area contributed by atoms with Gasteiger partial charge in [-0.3, -0.25) is 4.79 Å². The van der Waals surface area contributed by atoms with Crippen molar-refractivity contribution in [2.24, 2.45) is 0 Å². The second kappa shape index (κ2) is 6.79. The van der Waals surface area contributed by atoms with E-state index in [0.29, 0.717) is 0 Å². The molecule has 0 bridgehead atoms. The molecule has 0 aliphatic heterocycles. The third-order valence-electron chi connectivity index (χ3n) is 3.89. The summed E-state index contributed by atoms with van der Waals surface area (Å²) in [5.74, 6) is 1.21. The van der Waals surface area contributed by atoms with Crippen molar-refractivity contribution in [3.63, 3.8) is 0 Å². The van der Waals surface area contributed by atoms with E-state index in [4.69, 9.17) is 13.9 Å². The SMILES string of the molecule is COC(=O)C(C)(C)c1cc(OC)c(C(C)(C)C)cc1O[Si](C)(C)C. The quantitative estimate of drug-likeness (QED) is 0.571. The summed E-state index contributed by atoms with van der Waals surface area (Å²) in [7, 11) is 1.20.